The molecule has 2 nitrogen and oxygen atoms in total. The van der Waals surface area contributed by atoms with Gasteiger partial charge >= 0.3 is 0 Å². The highest BCUT2D eigenvalue weighted by molar-refractivity contribution is 6.30. The van der Waals surface area contributed by atoms with Gasteiger partial charge in [-0.15, -0.1) is 12.4 Å². The van der Waals surface area contributed by atoms with Gasteiger partial charge < -0.3 is 4.74 Å². The molecular formula is C16H14Cl2O2. The second-order valence-electron chi connectivity index (χ2n) is 3.98. The van der Waals surface area contributed by atoms with Gasteiger partial charge in [0, 0.05) is 10.6 Å². The third-order valence-corrected chi connectivity index (χ3v) is 2.92. The lowest BCUT2D eigenvalue weighted by Crippen LogP contribution is -1.93. The minimum absolute atomic E-state index is 0. The molecule has 4 heteroatoms. The summed E-state index contributed by atoms with van der Waals surface area (Å²) in [6, 6.07) is 14.3. The highest BCUT2D eigenvalue weighted by Gasteiger charge is 2.00. The molecule has 0 atom stereocenters. The summed E-state index contributed by atoms with van der Waals surface area (Å²) in [5.74, 6) is 0.744. The molecule has 0 aliphatic heterocycles. The molecule has 20 heavy (non-hydrogen) atoms. The molecule has 0 radical (unpaired) electrons. The molecule has 0 amide bonds. The second kappa shape index (κ2) is 7.73. The van der Waals surface area contributed by atoms with Crippen molar-refractivity contribution in [2.75, 3.05) is 7.11 Å². The van der Waals surface area contributed by atoms with Crippen LogP contribution in [0.3, 0.4) is 0 Å². The van der Waals surface area contributed by atoms with E-state index >= 15 is 0 Å². The summed E-state index contributed by atoms with van der Waals surface area (Å²) >= 11 is 5.78. The van der Waals surface area contributed by atoms with E-state index < -0.39 is 0 Å². The molecule has 0 aliphatic carbocycles. The van der Waals surface area contributed by atoms with Crippen molar-refractivity contribution < 1.29 is 9.53 Å². The highest BCUT2D eigenvalue weighted by Crippen LogP contribution is 2.14. The number of methoxy groups -OCH3 is 1. The van der Waals surface area contributed by atoms with Crippen molar-refractivity contribution in [3.63, 3.8) is 0 Å². The maximum absolute atomic E-state index is 11.9. The van der Waals surface area contributed by atoms with Crippen LogP contribution >= 0.6 is 24.0 Å². The zero-order valence-electron chi connectivity index (χ0n) is 10.9. The van der Waals surface area contributed by atoms with E-state index in [0.717, 1.165) is 11.3 Å². The van der Waals surface area contributed by atoms with Gasteiger partial charge in [-0.1, -0.05) is 29.8 Å². The average Bonchev–Trinajstić information content (AvgIpc) is 2.46. The predicted octanol–water partition coefficient (Wildman–Crippen LogP) is 4.67. The number of ether oxygens (including phenoxy) is 1. The van der Waals surface area contributed by atoms with Crippen molar-refractivity contribution in [2.45, 2.75) is 0 Å². The maximum Gasteiger partial charge on any atom is 0.185 e. The number of carbonyl (C=O) groups is 1. The Morgan fingerprint density at radius 1 is 1.05 bits per heavy atom. The minimum Gasteiger partial charge on any atom is -0.497 e. The Bertz CT molecular complexity index is 587. The Hall–Kier alpha value is -1.77. The lowest BCUT2D eigenvalue weighted by atomic mass is 10.1. The van der Waals surface area contributed by atoms with Crippen molar-refractivity contribution in [2.24, 2.45) is 0 Å². The predicted molar refractivity (Wildman–Crippen MR) is 85.1 cm³/mol. The molecule has 2 rings (SSSR count). The molecule has 0 fully saturated rings. The Kier molecular flexibility index (Phi) is 6.29. The SMILES string of the molecule is COc1ccc(C=CC(=O)c2ccc(Cl)cc2)cc1.Cl. The normalized spacial score (nSPS) is 10.1. The van der Waals surface area contributed by atoms with Gasteiger partial charge in [0.25, 0.3) is 0 Å². The molecule has 0 aromatic heterocycles. The summed E-state index contributed by atoms with van der Waals surface area (Å²) < 4.78 is 5.07. The molecule has 0 aliphatic rings. The summed E-state index contributed by atoms with van der Waals surface area (Å²) in [4.78, 5) is 11.9. The molecule has 0 bridgehead atoms. The third-order valence-electron chi connectivity index (χ3n) is 2.67. The topological polar surface area (TPSA) is 26.3 Å². The van der Waals surface area contributed by atoms with Crippen molar-refractivity contribution >= 4 is 35.9 Å². The van der Waals surface area contributed by atoms with E-state index in [2.05, 4.69) is 0 Å². The Balaban J connectivity index is 0.00000200. The van der Waals surface area contributed by atoms with Crippen LogP contribution in [0.4, 0.5) is 0 Å². The Morgan fingerprint density at radius 2 is 1.65 bits per heavy atom. The second-order valence-corrected chi connectivity index (χ2v) is 4.41. The molecule has 0 saturated heterocycles. The smallest absolute Gasteiger partial charge is 0.185 e. The van der Waals surface area contributed by atoms with E-state index in [-0.39, 0.29) is 18.2 Å². The third kappa shape index (κ3) is 4.41. The molecule has 2 aromatic carbocycles. The van der Waals surface area contributed by atoms with E-state index in [0.29, 0.717) is 10.6 Å². The van der Waals surface area contributed by atoms with Gasteiger partial charge in [-0.25, -0.2) is 0 Å². The fourth-order valence-electron chi connectivity index (χ4n) is 1.60. The Labute approximate surface area is 129 Å². The summed E-state index contributed by atoms with van der Waals surface area (Å²) in [6.07, 6.45) is 3.32. The van der Waals surface area contributed by atoms with Crippen molar-refractivity contribution in [3.8, 4) is 5.75 Å². The average molecular weight is 309 g/mol. The minimum atomic E-state index is -0.0486. The van der Waals surface area contributed by atoms with Gasteiger partial charge in [-0.2, -0.15) is 0 Å². The van der Waals surface area contributed by atoms with Crippen LogP contribution in [0.2, 0.25) is 5.02 Å². The van der Waals surface area contributed by atoms with Gasteiger partial charge in [0.05, 0.1) is 7.11 Å². The van der Waals surface area contributed by atoms with E-state index in [1.54, 1.807) is 43.5 Å². The first-order chi connectivity index (χ1) is 9.19. The molecule has 104 valence electrons. The van der Waals surface area contributed by atoms with Crippen LogP contribution in [-0.4, -0.2) is 12.9 Å². The number of hydrogen-bond acceptors (Lipinski definition) is 2. The zero-order valence-corrected chi connectivity index (χ0v) is 12.4. The fourth-order valence-corrected chi connectivity index (χ4v) is 1.72. The quantitative estimate of drug-likeness (QED) is 0.606. The van der Waals surface area contributed by atoms with Gasteiger partial charge in [0.2, 0.25) is 0 Å². The highest BCUT2D eigenvalue weighted by atomic mass is 35.5. The van der Waals surface area contributed by atoms with Gasteiger partial charge in [-0.3, -0.25) is 4.79 Å². The van der Waals surface area contributed by atoms with Crippen LogP contribution in [0, 0.1) is 0 Å². The first-order valence-electron chi connectivity index (χ1n) is 5.81. The number of rotatable bonds is 4. The summed E-state index contributed by atoms with van der Waals surface area (Å²) in [7, 11) is 1.62. The van der Waals surface area contributed by atoms with Crippen LogP contribution in [0.1, 0.15) is 15.9 Å². The number of carbonyl (C=O) groups excluding carboxylic acids is 1. The molecule has 0 saturated carbocycles. The van der Waals surface area contributed by atoms with E-state index in [1.165, 1.54) is 0 Å². The molecule has 0 heterocycles. The van der Waals surface area contributed by atoms with Crippen LogP contribution in [0.25, 0.3) is 6.08 Å². The molecule has 2 aromatic rings. The first-order valence-corrected chi connectivity index (χ1v) is 6.19. The van der Waals surface area contributed by atoms with Crippen LogP contribution in [0.5, 0.6) is 5.75 Å². The monoisotopic (exact) mass is 308 g/mol. The number of hydrogen-bond donors (Lipinski definition) is 0. The van der Waals surface area contributed by atoms with Crippen LogP contribution in [0.15, 0.2) is 54.6 Å². The lowest BCUT2D eigenvalue weighted by molar-refractivity contribution is 0.104. The van der Waals surface area contributed by atoms with Crippen molar-refractivity contribution in [1.82, 2.24) is 0 Å². The maximum atomic E-state index is 11.9. The van der Waals surface area contributed by atoms with Crippen LogP contribution in [-0.2, 0) is 0 Å². The van der Waals surface area contributed by atoms with E-state index in [1.807, 2.05) is 24.3 Å². The van der Waals surface area contributed by atoms with Gasteiger partial charge in [0.1, 0.15) is 5.75 Å². The Morgan fingerprint density at radius 3 is 2.20 bits per heavy atom. The summed E-state index contributed by atoms with van der Waals surface area (Å²) in [5, 5.41) is 0.621. The molecule has 0 N–H and O–H groups in total. The van der Waals surface area contributed by atoms with E-state index in [4.69, 9.17) is 16.3 Å². The largest absolute Gasteiger partial charge is 0.497 e. The molecular weight excluding hydrogens is 295 g/mol. The van der Waals surface area contributed by atoms with E-state index in [9.17, 15) is 4.79 Å². The van der Waals surface area contributed by atoms with Crippen molar-refractivity contribution in [3.05, 3.63) is 70.8 Å². The van der Waals surface area contributed by atoms with Gasteiger partial charge in [-0.05, 0) is 48.0 Å². The summed E-state index contributed by atoms with van der Waals surface area (Å²) in [5.41, 5.74) is 1.57. The summed E-state index contributed by atoms with van der Waals surface area (Å²) in [6.45, 7) is 0. The lowest BCUT2D eigenvalue weighted by Gasteiger charge is -1.99. The number of benzene rings is 2. The number of halogens is 2. The first kappa shape index (κ1) is 16.3. The zero-order chi connectivity index (χ0) is 13.7. The number of allylic oxidation sites excluding steroid dienone is 1. The molecule has 0 spiro atoms. The standard InChI is InChI=1S/C16H13ClO2.ClH/c1-19-15-9-2-12(3-10-15)4-11-16(18)13-5-7-14(17)8-6-13;/h2-11H,1H3;1H. The van der Waals surface area contributed by atoms with Gasteiger partial charge in [0.15, 0.2) is 5.78 Å². The van der Waals surface area contributed by atoms with Crippen molar-refractivity contribution in [1.29, 1.82) is 0 Å². The van der Waals surface area contributed by atoms with Crippen LogP contribution < -0.4 is 4.74 Å². The molecule has 0 unspecified atom stereocenters. The fraction of sp³-hybridized carbons (Fsp3) is 0.0625. The number of ketones is 1.